The molecule has 1 aliphatic rings. The number of benzene rings is 1. The van der Waals surface area contributed by atoms with Crippen molar-refractivity contribution in [2.24, 2.45) is 0 Å². The number of hydrogen-bond acceptors (Lipinski definition) is 3. The predicted molar refractivity (Wildman–Crippen MR) is 87.9 cm³/mol. The van der Waals surface area contributed by atoms with E-state index >= 15 is 0 Å². The molecule has 0 radical (unpaired) electrons. The molecule has 2 rings (SSSR count). The first-order chi connectivity index (χ1) is 9.82. The van der Waals surface area contributed by atoms with Gasteiger partial charge in [-0.05, 0) is 31.5 Å². The fourth-order valence-corrected chi connectivity index (χ4v) is 2.74. The molecule has 116 valence electrons. The zero-order chi connectivity index (χ0) is 15.6. The summed E-state index contributed by atoms with van der Waals surface area (Å²) in [5.41, 5.74) is 1.63. The van der Waals surface area contributed by atoms with Crippen molar-refractivity contribution in [2.45, 2.75) is 45.8 Å². The number of nitrogens with zero attached hydrogens (tertiary/aromatic N) is 1. The van der Waals surface area contributed by atoms with Gasteiger partial charge in [0.15, 0.2) is 0 Å². The maximum atomic E-state index is 12.2. The molecule has 0 spiro atoms. The number of rotatable bonds is 4. The quantitative estimate of drug-likeness (QED) is 0.898. The highest BCUT2D eigenvalue weighted by atomic mass is 35.5. The van der Waals surface area contributed by atoms with Gasteiger partial charge in [-0.3, -0.25) is 4.79 Å². The minimum absolute atomic E-state index is 0.0523. The van der Waals surface area contributed by atoms with Gasteiger partial charge in [0.25, 0.3) is 0 Å². The molecule has 0 bridgehead atoms. The van der Waals surface area contributed by atoms with Crippen molar-refractivity contribution in [3.8, 4) is 0 Å². The Morgan fingerprint density at radius 2 is 2.14 bits per heavy atom. The molecule has 1 fully saturated rings. The molecule has 4 nitrogen and oxygen atoms in total. The van der Waals surface area contributed by atoms with Gasteiger partial charge >= 0.3 is 0 Å². The molecule has 5 heteroatoms. The summed E-state index contributed by atoms with van der Waals surface area (Å²) in [5, 5.41) is 7.05. The average Bonchev–Trinajstić information content (AvgIpc) is 2.40. The molecule has 2 N–H and O–H groups in total. The number of carbonyl (C=O) groups excluding carboxylic acids is 1. The van der Waals surface area contributed by atoms with Gasteiger partial charge in [-0.2, -0.15) is 0 Å². The van der Waals surface area contributed by atoms with Crippen molar-refractivity contribution in [2.75, 3.05) is 18.0 Å². The third kappa shape index (κ3) is 3.50. The first kappa shape index (κ1) is 16.1. The molecule has 1 amide bonds. The largest absolute Gasteiger partial charge is 0.355 e. The molecule has 0 aromatic heterocycles. The summed E-state index contributed by atoms with van der Waals surface area (Å²) in [6.07, 6.45) is 0. The number of nitrogens with one attached hydrogen (secondary N) is 2. The minimum atomic E-state index is -0.574. The van der Waals surface area contributed by atoms with Gasteiger partial charge in [-0.25, -0.2) is 0 Å². The average molecular weight is 310 g/mol. The van der Waals surface area contributed by atoms with E-state index in [1.165, 1.54) is 0 Å². The maximum Gasteiger partial charge on any atom is 0.245 e. The topological polar surface area (TPSA) is 44.4 Å². The van der Waals surface area contributed by atoms with E-state index in [4.69, 9.17) is 11.6 Å². The van der Waals surface area contributed by atoms with E-state index in [0.29, 0.717) is 17.6 Å². The second-order valence-electron chi connectivity index (χ2n) is 6.28. The second kappa shape index (κ2) is 6.24. The summed E-state index contributed by atoms with van der Waals surface area (Å²) in [4.78, 5) is 14.3. The third-order valence-corrected chi connectivity index (χ3v) is 4.13. The SMILES string of the molecule is CC(C)NCc1ccc(Cl)cc1N1CCNC(=O)C1(C)C. The molecule has 21 heavy (non-hydrogen) atoms. The van der Waals surface area contributed by atoms with Gasteiger partial charge < -0.3 is 15.5 Å². The first-order valence-electron chi connectivity index (χ1n) is 7.40. The third-order valence-electron chi connectivity index (χ3n) is 3.89. The van der Waals surface area contributed by atoms with Crippen molar-refractivity contribution in [3.05, 3.63) is 28.8 Å². The fraction of sp³-hybridized carbons (Fsp3) is 0.562. The van der Waals surface area contributed by atoms with Crippen LogP contribution >= 0.6 is 11.6 Å². The Balaban J connectivity index is 2.36. The van der Waals surface area contributed by atoms with Crippen LogP contribution in [0.5, 0.6) is 0 Å². The normalized spacial score (nSPS) is 18.0. The molecule has 0 saturated carbocycles. The van der Waals surface area contributed by atoms with E-state index < -0.39 is 5.54 Å². The van der Waals surface area contributed by atoms with Gasteiger partial charge in [0.05, 0.1) is 0 Å². The minimum Gasteiger partial charge on any atom is -0.355 e. The molecule has 0 atom stereocenters. The van der Waals surface area contributed by atoms with E-state index in [0.717, 1.165) is 24.3 Å². The standard InChI is InChI=1S/C16H24ClN3O/c1-11(2)19-10-12-5-6-13(17)9-14(12)20-8-7-18-15(21)16(20,3)4/h5-6,9,11,19H,7-8,10H2,1-4H3,(H,18,21). The summed E-state index contributed by atoms with van der Waals surface area (Å²) in [6, 6.07) is 6.31. The number of halogens is 1. The highest BCUT2D eigenvalue weighted by molar-refractivity contribution is 6.30. The van der Waals surface area contributed by atoms with Crippen LogP contribution in [0.1, 0.15) is 33.3 Å². The molecule has 1 aromatic rings. The second-order valence-corrected chi connectivity index (χ2v) is 6.71. The van der Waals surface area contributed by atoms with E-state index in [9.17, 15) is 4.79 Å². The lowest BCUT2D eigenvalue weighted by molar-refractivity contribution is -0.126. The van der Waals surface area contributed by atoms with Crippen LogP contribution in [-0.4, -0.2) is 30.6 Å². The number of anilines is 1. The van der Waals surface area contributed by atoms with Crippen LogP contribution < -0.4 is 15.5 Å². The van der Waals surface area contributed by atoms with Crippen molar-refractivity contribution >= 4 is 23.2 Å². The molecule has 1 aliphatic heterocycles. The van der Waals surface area contributed by atoms with E-state index in [2.05, 4.69) is 29.4 Å². The summed E-state index contributed by atoms with van der Waals surface area (Å²) in [5.74, 6) is 0.0523. The van der Waals surface area contributed by atoms with Crippen molar-refractivity contribution < 1.29 is 4.79 Å². The maximum absolute atomic E-state index is 12.2. The Kier molecular flexibility index (Phi) is 4.79. The Hall–Kier alpha value is -1.26. The number of piperazine rings is 1. The van der Waals surface area contributed by atoms with Gasteiger partial charge in [-0.15, -0.1) is 0 Å². The van der Waals surface area contributed by atoms with Crippen molar-refractivity contribution in [1.82, 2.24) is 10.6 Å². The monoisotopic (exact) mass is 309 g/mol. The lowest BCUT2D eigenvalue weighted by Crippen LogP contribution is -2.62. The molecule has 0 unspecified atom stereocenters. The summed E-state index contributed by atoms with van der Waals surface area (Å²) in [7, 11) is 0. The number of amides is 1. The van der Waals surface area contributed by atoms with Gasteiger partial charge in [0.2, 0.25) is 5.91 Å². The highest BCUT2D eigenvalue weighted by Crippen LogP contribution is 2.31. The van der Waals surface area contributed by atoms with Gasteiger partial charge in [0.1, 0.15) is 5.54 Å². The van der Waals surface area contributed by atoms with Crippen LogP contribution in [0.25, 0.3) is 0 Å². The number of hydrogen-bond donors (Lipinski definition) is 2. The lowest BCUT2D eigenvalue weighted by atomic mass is 9.96. The van der Waals surface area contributed by atoms with Crippen LogP contribution in [0.2, 0.25) is 5.02 Å². The van der Waals surface area contributed by atoms with Crippen LogP contribution in [0.4, 0.5) is 5.69 Å². The highest BCUT2D eigenvalue weighted by Gasteiger charge is 2.38. The van der Waals surface area contributed by atoms with Crippen LogP contribution in [0.3, 0.4) is 0 Å². The molecular weight excluding hydrogens is 286 g/mol. The van der Waals surface area contributed by atoms with Crippen molar-refractivity contribution in [3.63, 3.8) is 0 Å². The van der Waals surface area contributed by atoms with Gasteiger partial charge in [0, 0.05) is 36.4 Å². The van der Waals surface area contributed by atoms with E-state index in [1.807, 2.05) is 32.0 Å². The molecule has 1 saturated heterocycles. The van der Waals surface area contributed by atoms with Crippen LogP contribution in [0.15, 0.2) is 18.2 Å². The first-order valence-corrected chi connectivity index (χ1v) is 7.78. The Labute approximate surface area is 131 Å². The Morgan fingerprint density at radius 3 is 2.81 bits per heavy atom. The van der Waals surface area contributed by atoms with Crippen LogP contribution in [0, 0.1) is 0 Å². The van der Waals surface area contributed by atoms with Gasteiger partial charge in [-0.1, -0.05) is 31.5 Å². The van der Waals surface area contributed by atoms with E-state index in [-0.39, 0.29) is 5.91 Å². The smallest absolute Gasteiger partial charge is 0.245 e. The summed E-state index contributed by atoms with van der Waals surface area (Å²) < 4.78 is 0. The Morgan fingerprint density at radius 1 is 1.43 bits per heavy atom. The summed E-state index contributed by atoms with van der Waals surface area (Å²) >= 11 is 6.18. The molecule has 1 heterocycles. The number of carbonyl (C=O) groups is 1. The lowest BCUT2D eigenvalue weighted by Gasteiger charge is -2.43. The molecule has 0 aliphatic carbocycles. The van der Waals surface area contributed by atoms with Crippen molar-refractivity contribution in [1.29, 1.82) is 0 Å². The van der Waals surface area contributed by atoms with E-state index in [1.54, 1.807) is 0 Å². The Bertz CT molecular complexity index is 528. The fourth-order valence-electron chi connectivity index (χ4n) is 2.57. The predicted octanol–water partition coefficient (Wildman–Crippen LogP) is 2.55. The zero-order valence-electron chi connectivity index (χ0n) is 13.2. The summed E-state index contributed by atoms with van der Waals surface area (Å²) in [6.45, 7) is 10.3. The van der Waals surface area contributed by atoms with Crippen LogP contribution in [-0.2, 0) is 11.3 Å². The molecular formula is C16H24ClN3O. The zero-order valence-corrected chi connectivity index (χ0v) is 13.9. The molecule has 1 aromatic carbocycles.